The van der Waals surface area contributed by atoms with Crippen molar-refractivity contribution in [1.82, 2.24) is 5.32 Å². The number of halogens is 2. The molecule has 4 N–H and O–H groups in total. The molecule has 0 radical (unpaired) electrons. The van der Waals surface area contributed by atoms with E-state index < -0.39 is 0 Å². The Morgan fingerprint density at radius 2 is 2.09 bits per heavy atom. The van der Waals surface area contributed by atoms with Crippen LogP contribution in [0.1, 0.15) is 25.8 Å². The summed E-state index contributed by atoms with van der Waals surface area (Å²) >= 11 is 3.39. The molecule has 124 valence electrons. The normalized spacial score (nSPS) is 11.0. The van der Waals surface area contributed by atoms with Gasteiger partial charge in [-0.15, -0.1) is 24.0 Å². The van der Waals surface area contributed by atoms with Crippen molar-refractivity contribution >= 4 is 57.5 Å². The number of rotatable bonds is 6. The number of aliphatic imine (C=N–C) groups is 1. The lowest BCUT2D eigenvalue weighted by Gasteiger charge is -2.10. The molecular formula is C15H24BrIN4O. The molecule has 22 heavy (non-hydrogen) atoms. The van der Waals surface area contributed by atoms with Crippen LogP contribution in [0.4, 0.5) is 5.69 Å². The van der Waals surface area contributed by atoms with Gasteiger partial charge in [0.05, 0.1) is 0 Å². The third-order valence-corrected chi connectivity index (χ3v) is 3.25. The summed E-state index contributed by atoms with van der Waals surface area (Å²) < 4.78 is 0.937. The zero-order valence-corrected chi connectivity index (χ0v) is 17.1. The fourth-order valence-electron chi connectivity index (χ4n) is 1.58. The van der Waals surface area contributed by atoms with Gasteiger partial charge in [0.25, 0.3) is 0 Å². The van der Waals surface area contributed by atoms with Gasteiger partial charge in [-0.1, -0.05) is 35.8 Å². The lowest BCUT2D eigenvalue weighted by Crippen LogP contribution is -2.34. The average Bonchev–Trinajstić information content (AvgIpc) is 2.40. The summed E-state index contributed by atoms with van der Waals surface area (Å²) in [7, 11) is 0. The standard InChI is InChI=1S/C15H23BrN4O.HI/c1-10(2)9-19-15(17)18-7-6-14(21)20-13-8-12(16)5-4-11(13)3;/h4-5,8,10H,6-7,9H2,1-3H3,(H,20,21)(H3,17,18,19);1H. The van der Waals surface area contributed by atoms with Gasteiger partial charge in [0.2, 0.25) is 5.91 Å². The van der Waals surface area contributed by atoms with E-state index in [1.165, 1.54) is 0 Å². The second-order valence-electron chi connectivity index (χ2n) is 5.30. The largest absolute Gasteiger partial charge is 0.370 e. The van der Waals surface area contributed by atoms with Crippen LogP contribution in [0, 0.1) is 12.8 Å². The van der Waals surface area contributed by atoms with Crippen molar-refractivity contribution in [2.24, 2.45) is 16.6 Å². The Labute approximate surface area is 157 Å². The summed E-state index contributed by atoms with van der Waals surface area (Å²) in [4.78, 5) is 16.1. The lowest BCUT2D eigenvalue weighted by atomic mass is 10.2. The molecule has 1 amide bonds. The summed E-state index contributed by atoms with van der Waals surface area (Å²) in [5.41, 5.74) is 7.55. The minimum absolute atomic E-state index is 0. The molecule has 5 nitrogen and oxygen atoms in total. The van der Waals surface area contributed by atoms with E-state index in [4.69, 9.17) is 5.73 Å². The number of benzene rings is 1. The topological polar surface area (TPSA) is 79.5 Å². The number of nitrogens with zero attached hydrogens (tertiary/aromatic N) is 1. The van der Waals surface area contributed by atoms with E-state index in [1.54, 1.807) is 0 Å². The molecule has 0 aliphatic rings. The number of amides is 1. The number of hydrogen-bond acceptors (Lipinski definition) is 2. The molecule has 0 bridgehead atoms. The molecular weight excluding hydrogens is 459 g/mol. The first-order valence-electron chi connectivity index (χ1n) is 6.98. The molecule has 0 fully saturated rings. The molecule has 0 heterocycles. The molecule has 1 aromatic carbocycles. The fourth-order valence-corrected chi connectivity index (χ4v) is 1.94. The summed E-state index contributed by atoms with van der Waals surface area (Å²) in [6.07, 6.45) is 0.337. The van der Waals surface area contributed by atoms with Crippen molar-refractivity contribution in [2.75, 3.05) is 18.4 Å². The molecule has 0 aromatic heterocycles. The van der Waals surface area contributed by atoms with Gasteiger partial charge < -0.3 is 16.4 Å². The van der Waals surface area contributed by atoms with Gasteiger partial charge in [0, 0.05) is 29.7 Å². The Kier molecular flexibility index (Phi) is 10.4. The first kappa shape index (κ1) is 21.2. The number of carbonyl (C=O) groups is 1. The van der Waals surface area contributed by atoms with E-state index in [2.05, 4.69) is 45.4 Å². The molecule has 0 spiro atoms. The molecule has 0 saturated carbocycles. The summed E-state index contributed by atoms with van der Waals surface area (Å²) in [5.74, 6) is 0.795. The molecule has 7 heteroatoms. The van der Waals surface area contributed by atoms with Gasteiger partial charge in [0.1, 0.15) is 0 Å². The maximum absolute atomic E-state index is 11.9. The second-order valence-corrected chi connectivity index (χ2v) is 6.22. The number of nitrogens with two attached hydrogens (primary N) is 1. The maximum Gasteiger partial charge on any atom is 0.226 e. The van der Waals surface area contributed by atoms with Gasteiger partial charge in [-0.05, 0) is 30.5 Å². The summed E-state index contributed by atoms with van der Waals surface area (Å²) in [6.45, 7) is 7.25. The van der Waals surface area contributed by atoms with E-state index in [9.17, 15) is 4.79 Å². The SMILES string of the molecule is Cc1ccc(Br)cc1NC(=O)CCNC(N)=NCC(C)C.I. The lowest BCUT2D eigenvalue weighted by molar-refractivity contribution is -0.116. The van der Waals surface area contributed by atoms with Crippen LogP contribution in [-0.2, 0) is 4.79 Å². The minimum Gasteiger partial charge on any atom is -0.370 e. The van der Waals surface area contributed by atoms with Crippen LogP contribution in [0.15, 0.2) is 27.7 Å². The van der Waals surface area contributed by atoms with Crippen LogP contribution < -0.4 is 16.4 Å². The quantitative estimate of drug-likeness (QED) is 0.330. The van der Waals surface area contributed by atoms with Gasteiger partial charge in [-0.25, -0.2) is 0 Å². The van der Waals surface area contributed by atoms with E-state index in [0.717, 1.165) is 15.7 Å². The number of carbonyl (C=O) groups excluding carboxylic acids is 1. The Hall–Kier alpha value is -0.830. The van der Waals surface area contributed by atoms with Gasteiger partial charge in [-0.2, -0.15) is 0 Å². The number of hydrogen-bond donors (Lipinski definition) is 3. The molecule has 0 aliphatic heterocycles. The molecule has 0 saturated heterocycles. The highest BCUT2D eigenvalue weighted by Crippen LogP contribution is 2.20. The highest BCUT2D eigenvalue weighted by atomic mass is 127. The van der Waals surface area contributed by atoms with E-state index >= 15 is 0 Å². The Morgan fingerprint density at radius 3 is 2.73 bits per heavy atom. The van der Waals surface area contributed by atoms with E-state index in [0.29, 0.717) is 31.4 Å². The van der Waals surface area contributed by atoms with Crippen molar-refractivity contribution < 1.29 is 4.79 Å². The Bertz CT molecular complexity index is 520. The van der Waals surface area contributed by atoms with Crippen molar-refractivity contribution in [1.29, 1.82) is 0 Å². The minimum atomic E-state index is -0.0552. The predicted octanol–water partition coefficient (Wildman–Crippen LogP) is 3.26. The molecule has 1 rings (SSSR count). The highest BCUT2D eigenvalue weighted by molar-refractivity contribution is 14.0. The zero-order chi connectivity index (χ0) is 15.8. The van der Waals surface area contributed by atoms with Crippen LogP contribution in [0.25, 0.3) is 0 Å². The first-order chi connectivity index (χ1) is 9.88. The Morgan fingerprint density at radius 1 is 1.41 bits per heavy atom. The van der Waals surface area contributed by atoms with Crippen molar-refractivity contribution in [3.63, 3.8) is 0 Å². The van der Waals surface area contributed by atoms with E-state index in [1.807, 2.05) is 25.1 Å². The second kappa shape index (κ2) is 10.8. The summed E-state index contributed by atoms with van der Waals surface area (Å²) in [5, 5.41) is 5.82. The highest BCUT2D eigenvalue weighted by Gasteiger charge is 2.05. The van der Waals surface area contributed by atoms with Crippen molar-refractivity contribution in [2.45, 2.75) is 27.2 Å². The monoisotopic (exact) mass is 482 g/mol. The first-order valence-corrected chi connectivity index (χ1v) is 7.77. The van der Waals surface area contributed by atoms with Crippen LogP contribution in [0.3, 0.4) is 0 Å². The van der Waals surface area contributed by atoms with Crippen LogP contribution >= 0.6 is 39.9 Å². The van der Waals surface area contributed by atoms with Gasteiger partial charge in [0.15, 0.2) is 5.96 Å². The molecule has 0 atom stereocenters. The zero-order valence-electron chi connectivity index (χ0n) is 13.1. The maximum atomic E-state index is 11.9. The third-order valence-electron chi connectivity index (χ3n) is 2.76. The van der Waals surface area contributed by atoms with Gasteiger partial charge >= 0.3 is 0 Å². The third kappa shape index (κ3) is 8.57. The predicted molar refractivity (Wildman–Crippen MR) is 107 cm³/mol. The number of anilines is 1. The number of guanidine groups is 1. The summed E-state index contributed by atoms with van der Waals surface area (Å²) in [6, 6.07) is 5.78. The van der Waals surface area contributed by atoms with Gasteiger partial charge in [-0.3, -0.25) is 9.79 Å². The number of aryl methyl sites for hydroxylation is 1. The molecule has 0 aliphatic carbocycles. The smallest absolute Gasteiger partial charge is 0.226 e. The van der Waals surface area contributed by atoms with Crippen LogP contribution in [0.5, 0.6) is 0 Å². The Balaban J connectivity index is 0.00000441. The average molecular weight is 483 g/mol. The van der Waals surface area contributed by atoms with Crippen LogP contribution in [0.2, 0.25) is 0 Å². The molecule has 0 unspecified atom stereocenters. The van der Waals surface area contributed by atoms with Crippen molar-refractivity contribution in [3.8, 4) is 0 Å². The van der Waals surface area contributed by atoms with Crippen LogP contribution in [-0.4, -0.2) is 25.0 Å². The van der Waals surface area contributed by atoms with Crippen molar-refractivity contribution in [3.05, 3.63) is 28.2 Å². The fraction of sp³-hybridized carbons (Fsp3) is 0.467. The van der Waals surface area contributed by atoms with E-state index in [-0.39, 0.29) is 29.9 Å². The molecule has 1 aromatic rings. The number of nitrogens with one attached hydrogen (secondary N) is 2.